The first-order chi connectivity index (χ1) is 12.0. The third-order valence-electron chi connectivity index (χ3n) is 4.66. The number of carboxylic acid groups (broad SMARTS) is 1. The van der Waals surface area contributed by atoms with Crippen LogP contribution >= 0.6 is 0 Å². The summed E-state index contributed by atoms with van der Waals surface area (Å²) in [5, 5.41) is 12.9. The zero-order valence-electron chi connectivity index (χ0n) is 13.7. The number of carboxylic acids is 1. The van der Waals surface area contributed by atoms with E-state index in [1.807, 2.05) is 12.1 Å². The van der Waals surface area contributed by atoms with Gasteiger partial charge in [0.2, 0.25) is 5.43 Å². The molecule has 0 radical (unpaired) electrons. The van der Waals surface area contributed by atoms with E-state index in [4.69, 9.17) is 0 Å². The Morgan fingerprint density at radius 1 is 1.28 bits per heavy atom. The average Bonchev–Trinajstić information content (AvgIpc) is 3.00. The van der Waals surface area contributed by atoms with Crippen molar-refractivity contribution < 1.29 is 9.90 Å². The van der Waals surface area contributed by atoms with Crippen molar-refractivity contribution in [3.05, 3.63) is 69.6 Å². The van der Waals surface area contributed by atoms with Gasteiger partial charge in [-0.25, -0.2) is 9.78 Å². The average molecular weight is 335 g/mol. The van der Waals surface area contributed by atoms with E-state index in [2.05, 4.69) is 22.4 Å². The lowest BCUT2D eigenvalue weighted by atomic mass is 10.1. The second-order valence-corrected chi connectivity index (χ2v) is 6.40. The fourth-order valence-electron chi connectivity index (χ4n) is 3.49. The van der Waals surface area contributed by atoms with Crippen LogP contribution in [0.2, 0.25) is 0 Å². The van der Waals surface area contributed by atoms with E-state index in [0.29, 0.717) is 11.0 Å². The smallest absolute Gasteiger partial charge is 0.341 e. The third-order valence-corrected chi connectivity index (χ3v) is 4.66. The molecule has 4 rings (SSSR count). The van der Waals surface area contributed by atoms with Crippen LogP contribution in [0.1, 0.15) is 21.5 Å². The molecule has 0 fully saturated rings. The third kappa shape index (κ3) is 2.65. The maximum absolute atomic E-state index is 12.4. The van der Waals surface area contributed by atoms with Crippen molar-refractivity contribution in [3.63, 3.8) is 0 Å². The Balaban J connectivity index is 1.69. The monoisotopic (exact) mass is 335 g/mol. The number of rotatable bonds is 3. The van der Waals surface area contributed by atoms with Gasteiger partial charge in [0.15, 0.2) is 0 Å². The largest absolute Gasteiger partial charge is 0.477 e. The number of aromatic carboxylic acids is 1. The minimum atomic E-state index is -1.23. The summed E-state index contributed by atoms with van der Waals surface area (Å²) in [5.74, 6) is -1.23. The Labute approximate surface area is 143 Å². The molecule has 2 N–H and O–H groups in total. The number of nitrogens with zero attached hydrogens (tertiary/aromatic N) is 2. The molecular weight excluding hydrogens is 318 g/mol. The minimum Gasteiger partial charge on any atom is -0.477 e. The quantitative estimate of drug-likeness (QED) is 0.767. The van der Waals surface area contributed by atoms with Crippen LogP contribution in [0.4, 0.5) is 5.69 Å². The Morgan fingerprint density at radius 2 is 1.96 bits per heavy atom. The number of aromatic nitrogens is 2. The van der Waals surface area contributed by atoms with E-state index in [1.54, 1.807) is 23.9 Å². The molecule has 0 unspecified atom stereocenters. The molecule has 3 aromatic rings. The number of fused-ring (bicyclic) bond motifs is 2. The molecule has 1 aromatic carbocycles. The number of benzene rings is 1. The van der Waals surface area contributed by atoms with Gasteiger partial charge in [0.25, 0.3) is 0 Å². The van der Waals surface area contributed by atoms with Crippen LogP contribution in [-0.2, 0) is 19.9 Å². The van der Waals surface area contributed by atoms with Crippen molar-refractivity contribution >= 4 is 22.7 Å². The zero-order chi connectivity index (χ0) is 17.6. The van der Waals surface area contributed by atoms with Gasteiger partial charge < -0.3 is 15.0 Å². The van der Waals surface area contributed by atoms with Gasteiger partial charge in [-0.3, -0.25) is 4.79 Å². The number of aryl methyl sites for hydroxylation is 1. The molecule has 0 amide bonds. The molecule has 6 heteroatoms. The van der Waals surface area contributed by atoms with Gasteiger partial charge in [-0.15, -0.1) is 0 Å². The van der Waals surface area contributed by atoms with Crippen LogP contribution in [0.15, 0.2) is 47.5 Å². The van der Waals surface area contributed by atoms with E-state index >= 15 is 0 Å². The standard InChI is InChI=1S/C19H17N3O3/c1-22-10-16(19(24)25)17(23)15-8-14(9-20-18(15)22)21-13-6-11-4-2-3-5-12(11)7-13/h2-5,8-10,13,21H,6-7H2,1H3,(H,24,25). The van der Waals surface area contributed by atoms with Crippen LogP contribution < -0.4 is 10.7 Å². The highest BCUT2D eigenvalue weighted by Crippen LogP contribution is 2.25. The maximum atomic E-state index is 12.4. The van der Waals surface area contributed by atoms with Crippen LogP contribution in [0.5, 0.6) is 0 Å². The molecule has 1 aliphatic carbocycles. The molecule has 0 bridgehead atoms. The van der Waals surface area contributed by atoms with E-state index < -0.39 is 11.4 Å². The summed E-state index contributed by atoms with van der Waals surface area (Å²) >= 11 is 0. The van der Waals surface area contributed by atoms with Gasteiger partial charge in [0.1, 0.15) is 11.2 Å². The first kappa shape index (κ1) is 15.4. The normalized spacial score (nSPS) is 13.8. The topological polar surface area (TPSA) is 84.2 Å². The molecule has 0 saturated carbocycles. The highest BCUT2D eigenvalue weighted by molar-refractivity contribution is 5.92. The summed E-state index contributed by atoms with van der Waals surface area (Å²) in [6, 6.07) is 10.3. The van der Waals surface area contributed by atoms with E-state index in [-0.39, 0.29) is 11.6 Å². The lowest BCUT2D eigenvalue weighted by molar-refractivity contribution is 0.0695. The molecule has 0 aliphatic heterocycles. The summed E-state index contributed by atoms with van der Waals surface area (Å²) in [5.41, 5.74) is 3.10. The SMILES string of the molecule is Cn1cc(C(=O)O)c(=O)c2cc(NC3Cc4ccccc4C3)cnc21. The van der Waals surface area contributed by atoms with Crippen LogP contribution in [0.3, 0.4) is 0 Å². The number of anilines is 1. The summed E-state index contributed by atoms with van der Waals surface area (Å²) < 4.78 is 1.56. The van der Waals surface area contributed by atoms with Gasteiger partial charge in [0, 0.05) is 19.3 Å². The van der Waals surface area contributed by atoms with Crippen molar-refractivity contribution in [2.24, 2.45) is 7.05 Å². The second kappa shape index (κ2) is 5.73. The van der Waals surface area contributed by atoms with Crippen molar-refractivity contribution in [1.82, 2.24) is 9.55 Å². The predicted molar refractivity (Wildman–Crippen MR) is 95.2 cm³/mol. The van der Waals surface area contributed by atoms with Crippen molar-refractivity contribution in [1.29, 1.82) is 0 Å². The van der Waals surface area contributed by atoms with Gasteiger partial charge in [-0.1, -0.05) is 24.3 Å². The Hall–Kier alpha value is -3.15. The number of hydrogen-bond donors (Lipinski definition) is 2. The zero-order valence-corrected chi connectivity index (χ0v) is 13.7. The van der Waals surface area contributed by atoms with Crippen molar-refractivity contribution in [2.75, 3.05) is 5.32 Å². The van der Waals surface area contributed by atoms with Crippen molar-refractivity contribution in [3.8, 4) is 0 Å². The lowest BCUT2D eigenvalue weighted by Crippen LogP contribution is -2.21. The van der Waals surface area contributed by atoms with E-state index in [0.717, 1.165) is 18.5 Å². The molecule has 2 aromatic heterocycles. The fraction of sp³-hybridized carbons (Fsp3) is 0.211. The van der Waals surface area contributed by atoms with Crippen molar-refractivity contribution in [2.45, 2.75) is 18.9 Å². The summed E-state index contributed by atoms with van der Waals surface area (Å²) in [4.78, 5) is 28.0. The minimum absolute atomic E-state index is 0.239. The second-order valence-electron chi connectivity index (χ2n) is 6.40. The molecule has 2 heterocycles. The molecule has 0 spiro atoms. The van der Waals surface area contributed by atoms with Crippen LogP contribution in [-0.4, -0.2) is 26.7 Å². The number of pyridine rings is 2. The Kier molecular flexibility index (Phi) is 3.53. The molecular formula is C19H17N3O3. The molecule has 6 nitrogen and oxygen atoms in total. The van der Waals surface area contributed by atoms with Gasteiger partial charge in [-0.2, -0.15) is 0 Å². The van der Waals surface area contributed by atoms with Crippen LogP contribution in [0, 0.1) is 0 Å². The number of carbonyl (C=O) groups is 1. The van der Waals surface area contributed by atoms with Gasteiger partial charge in [-0.05, 0) is 30.0 Å². The van der Waals surface area contributed by atoms with Crippen LogP contribution in [0.25, 0.3) is 11.0 Å². The summed E-state index contributed by atoms with van der Waals surface area (Å²) in [6.07, 6.45) is 4.83. The van der Waals surface area contributed by atoms with Gasteiger partial charge >= 0.3 is 5.97 Å². The lowest BCUT2D eigenvalue weighted by Gasteiger charge is -2.14. The molecule has 25 heavy (non-hydrogen) atoms. The van der Waals surface area contributed by atoms with Gasteiger partial charge in [0.05, 0.1) is 17.3 Å². The molecule has 0 atom stereocenters. The Bertz CT molecular complexity index is 1030. The van der Waals surface area contributed by atoms with E-state index in [1.165, 1.54) is 17.3 Å². The molecule has 126 valence electrons. The number of nitrogens with one attached hydrogen (secondary N) is 1. The predicted octanol–water partition coefficient (Wildman–Crippen LogP) is 2.21. The highest BCUT2D eigenvalue weighted by atomic mass is 16.4. The summed E-state index contributed by atoms with van der Waals surface area (Å²) in [7, 11) is 1.68. The maximum Gasteiger partial charge on any atom is 0.341 e. The summed E-state index contributed by atoms with van der Waals surface area (Å²) in [6.45, 7) is 0. The molecule has 0 saturated heterocycles. The number of hydrogen-bond acceptors (Lipinski definition) is 4. The Morgan fingerprint density at radius 3 is 2.60 bits per heavy atom. The fourth-order valence-corrected chi connectivity index (χ4v) is 3.49. The first-order valence-electron chi connectivity index (χ1n) is 8.09. The van der Waals surface area contributed by atoms with E-state index in [9.17, 15) is 14.7 Å². The molecule has 1 aliphatic rings. The first-order valence-corrected chi connectivity index (χ1v) is 8.09. The highest BCUT2D eigenvalue weighted by Gasteiger charge is 2.21.